The number of hydrogen-bond acceptors (Lipinski definition) is 7. The van der Waals surface area contributed by atoms with E-state index in [9.17, 15) is 14.7 Å². The van der Waals surface area contributed by atoms with Gasteiger partial charge in [-0.2, -0.15) is 5.10 Å². The highest BCUT2D eigenvalue weighted by atomic mass is 79.9. The SMILES string of the molecule is COc1cc(Br)cc(/C=N\N=C2\NC(=O)[C@@H](CC(=O)O)S2)c1O. The number of hydrogen-bond donors (Lipinski definition) is 3. The highest BCUT2D eigenvalue weighted by molar-refractivity contribution is 9.10. The van der Waals surface area contributed by atoms with E-state index in [1.54, 1.807) is 12.1 Å². The molecular formula is C13H12BrN3O5S. The first-order chi connectivity index (χ1) is 10.9. The zero-order chi connectivity index (χ0) is 17.0. The van der Waals surface area contributed by atoms with E-state index in [1.807, 2.05) is 0 Å². The summed E-state index contributed by atoms with van der Waals surface area (Å²) in [6.07, 6.45) is 1.01. The van der Waals surface area contributed by atoms with E-state index in [-0.39, 0.29) is 23.1 Å². The van der Waals surface area contributed by atoms with Crippen LogP contribution in [0.2, 0.25) is 0 Å². The van der Waals surface area contributed by atoms with Crippen molar-refractivity contribution < 1.29 is 24.5 Å². The predicted molar refractivity (Wildman–Crippen MR) is 89.2 cm³/mol. The Morgan fingerprint density at radius 1 is 1.57 bits per heavy atom. The number of rotatable bonds is 5. The van der Waals surface area contributed by atoms with Crippen molar-refractivity contribution in [3.63, 3.8) is 0 Å². The number of benzene rings is 1. The van der Waals surface area contributed by atoms with Gasteiger partial charge in [0.25, 0.3) is 0 Å². The Bertz CT molecular complexity index is 707. The molecule has 0 spiro atoms. The first kappa shape index (κ1) is 17.3. The molecule has 0 aliphatic carbocycles. The van der Waals surface area contributed by atoms with Crippen LogP contribution >= 0.6 is 27.7 Å². The average Bonchev–Trinajstić information content (AvgIpc) is 2.81. The Labute approximate surface area is 143 Å². The van der Waals surface area contributed by atoms with Crippen molar-refractivity contribution in [1.29, 1.82) is 0 Å². The number of aromatic hydroxyl groups is 1. The fraction of sp³-hybridized carbons (Fsp3) is 0.231. The number of ether oxygens (including phenoxy) is 1. The van der Waals surface area contributed by atoms with Gasteiger partial charge in [0.2, 0.25) is 5.91 Å². The summed E-state index contributed by atoms with van der Waals surface area (Å²) < 4.78 is 5.70. The van der Waals surface area contributed by atoms with Crippen molar-refractivity contribution in [2.45, 2.75) is 11.7 Å². The number of carboxylic acids is 1. The molecule has 0 saturated carbocycles. The number of thioether (sulfide) groups is 1. The quantitative estimate of drug-likeness (QED) is 0.508. The molecule has 1 saturated heterocycles. The smallest absolute Gasteiger partial charge is 0.305 e. The summed E-state index contributed by atoms with van der Waals surface area (Å²) in [6, 6.07) is 3.22. The number of aliphatic carboxylic acids is 1. The lowest BCUT2D eigenvalue weighted by Gasteiger charge is -2.06. The Morgan fingerprint density at radius 3 is 2.96 bits per heavy atom. The number of nitrogens with zero attached hydrogens (tertiary/aromatic N) is 2. The van der Waals surface area contributed by atoms with Gasteiger partial charge in [-0.1, -0.05) is 27.7 Å². The maximum absolute atomic E-state index is 11.5. The summed E-state index contributed by atoms with van der Waals surface area (Å²) in [6.45, 7) is 0. The molecule has 8 nitrogen and oxygen atoms in total. The molecule has 3 N–H and O–H groups in total. The van der Waals surface area contributed by atoms with E-state index in [4.69, 9.17) is 9.84 Å². The van der Waals surface area contributed by atoms with Crippen LogP contribution in [-0.2, 0) is 9.59 Å². The van der Waals surface area contributed by atoms with Gasteiger partial charge < -0.3 is 20.3 Å². The van der Waals surface area contributed by atoms with Gasteiger partial charge in [0.05, 0.1) is 19.7 Å². The minimum Gasteiger partial charge on any atom is -0.504 e. The molecule has 0 unspecified atom stereocenters. The van der Waals surface area contributed by atoms with Gasteiger partial charge in [-0.3, -0.25) is 9.59 Å². The van der Waals surface area contributed by atoms with Gasteiger partial charge in [0.15, 0.2) is 16.7 Å². The van der Waals surface area contributed by atoms with Crippen LogP contribution in [0.1, 0.15) is 12.0 Å². The zero-order valence-electron chi connectivity index (χ0n) is 11.8. The monoisotopic (exact) mass is 401 g/mol. The number of phenols is 1. The fourth-order valence-electron chi connectivity index (χ4n) is 1.74. The van der Waals surface area contributed by atoms with Gasteiger partial charge >= 0.3 is 5.97 Å². The lowest BCUT2D eigenvalue weighted by atomic mass is 10.2. The summed E-state index contributed by atoms with van der Waals surface area (Å²) in [5.74, 6) is -1.29. The van der Waals surface area contributed by atoms with E-state index in [0.717, 1.165) is 11.8 Å². The summed E-state index contributed by atoms with van der Waals surface area (Å²) in [5, 5.41) is 28.2. The molecule has 1 aliphatic rings. The van der Waals surface area contributed by atoms with Crippen LogP contribution in [0.25, 0.3) is 0 Å². The fourth-order valence-corrected chi connectivity index (χ4v) is 3.11. The first-order valence-electron chi connectivity index (χ1n) is 6.27. The summed E-state index contributed by atoms with van der Waals surface area (Å²) in [7, 11) is 1.43. The molecule has 0 aromatic heterocycles. The molecule has 1 aromatic rings. The maximum atomic E-state index is 11.5. The molecule has 1 atom stereocenters. The number of amides is 1. The van der Waals surface area contributed by atoms with Crippen LogP contribution in [0.3, 0.4) is 0 Å². The van der Waals surface area contributed by atoms with E-state index in [1.165, 1.54) is 13.3 Å². The summed E-state index contributed by atoms with van der Waals surface area (Å²) in [4.78, 5) is 22.2. The van der Waals surface area contributed by atoms with Crippen LogP contribution in [-0.4, -0.2) is 45.8 Å². The molecular weight excluding hydrogens is 390 g/mol. The number of methoxy groups -OCH3 is 1. The van der Waals surface area contributed by atoms with Gasteiger partial charge in [-0.05, 0) is 12.1 Å². The molecule has 0 radical (unpaired) electrons. The first-order valence-corrected chi connectivity index (χ1v) is 7.94. The van der Waals surface area contributed by atoms with Crippen molar-refractivity contribution in [1.82, 2.24) is 5.32 Å². The zero-order valence-corrected chi connectivity index (χ0v) is 14.2. The van der Waals surface area contributed by atoms with Crippen LogP contribution in [0.15, 0.2) is 26.8 Å². The van der Waals surface area contributed by atoms with Crippen molar-refractivity contribution in [3.05, 3.63) is 22.2 Å². The standard InChI is InChI=1S/C13H12BrN3O5S/c1-22-8-3-7(14)2-6(11(8)20)5-15-17-13-16-12(21)9(23-13)4-10(18)19/h2-3,5,9,20H,4H2,1H3,(H,18,19)(H,16,17,21)/b15-5-/t9-/m1/s1. The van der Waals surface area contributed by atoms with E-state index in [2.05, 4.69) is 31.4 Å². The second kappa shape index (κ2) is 7.47. The molecule has 23 heavy (non-hydrogen) atoms. The molecule has 1 heterocycles. The summed E-state index contributed by atoms with van der Waals surface area (Å²) >= 11 is 4.27. The van der Waals surface area contributed by atoms with Crippen molar-refractivity contribution in [2.75, 3.05) is 7.11 Å². The lowest BCUT2D eigenvalue weighted by molar-refractivity contribution is -0.138. The van der Waals surface area contributed by atoms with Crippen molar-refractivity contribution in [2.24, 2.45) is 10.2 Å². The second-order valence-corrected chi connectivity index (χ2v) is 6.50. The Hall–Kier alpha value is -2.07. The third-order valence-corrected chi connectivity index (χ3v) is 4.30. The maximum Gasteiger partial charge on any atom is 0.305 e. The average molecular weight is 402 g/mol. The number of carbonyl (C=O) groups excluding carboxylic acids is 1. The van der Waals surface area contributed by atoms with Crippen LogP contribution in [0, 0.1) is 0 Å². The largest absolute Gasteiger partial charge is 0.504 e. The molecule has 1 aliphatic heterocycles. The molecule has 2 rings (SSSR count). The second-order valence-electron chi connectivity index (χ2n) is 4.39. The molecule has 122 valence electrons. The van der Waals surface area contributed by atoms with Gasteiger partial charge in [-0.15, -0.1) is 5.10 Å². The van der Waals surface area contributed by atoms with Crippen LogP contribution in [0.5, 0.6) is 11.5 Å². The number of nitrogens with one attached hydrogen (secondary N) is 1. The Balaban J connectivity index is 2.12. The number of carbonyl (C=O) groups is 2. The molecule has 0 bridgehead atoms. The highest BCUT2D eigenvalue weighted by Gasteiger charge is 2.32. The molecule has 1 amide bonds. The Kier molecular flexibility index (Phi) is 5.61. The number of halogens is 1. The normalized spacial score (nSPS) is 19.3. The van der Waals surface area contributed by atoms with E-state index >= 15 is 0 Å². The van der Waals surface area contributed by atoms with Crippen molar-refractivity contribution >= 4 is 51.0 Å². The highest BCUT2D eigenvalue weighted by Crippen LogP contribution is 2.32. The summed E-state index contributed by atoms with van der Waals surface area (Å²) in [5.41, 5.74) is 0.372. The Morgan fingerprint density at radius 2 is 2.30 bits per heavy atom. The molecule has 1 fully saturated rings. The van der Waals surface area contributed by atoms with Gasteiger partial charge in [0, 0.05) is 10.0 Å². The number of phenolic OH excluding ortho intramolecular Hbond substituents is 1. The minimum absolute atomic E-state index is 0.0912. The molecule has 10 heteroatoms. The van der Waals surface area contributed by atoms with Crippen LogP contribution in [0.4, 0.5) is 0 Å². The third-order valence-electron chi connectivity index (χ3n) is 2.77. The number of amidine groups is 1. The van der Waals surface area contributed by atoms with Gasteiger partial charge in [-0.25, -0.2) is 0 Å². The van der Waals surface area contributed by atoms with E-state index in [0.29, 0.717) is 10.0 Å². The van der Waals surface area contributed by atoms with Crippen LogP contribution < -0.4 is 10.1 Å². The topological polar surface area (TPSA) is 121 Å². The molecule has 1 aromatic carbocycles. The predicted octanol–water partition coefficient (Wildman–Crippen LogP) is 1.56. The van der Waals surface area contributed by atoms with E-state index < -0.39 is 17.1 Å². The van der Waals surface area contributed by atoms with Gasteiger partial charge in [0.1, 0.15) is 5.25 Å². The lowest BCUT2D eigenvalue weighted by Crippen LogP contribution is -2.26. The minimum atomic E-state index is -1.06. The van der Waals surface area contributed by atoms with Crippen molar-refractivity contribution in [3.8, 4) is 11.5 Å². The third kappa shape index (κ3) is 4.45. The number of carboxylic acid groups (broad SMARTS) is 1.